The van der Waals surface area contributed by atoms with Crippen LogP contribution in [0.2, 0.25) is 5.02 Å². The third-order valence-electron chi connectivity index (χ3n) is 5.56. The zero-order chi connectivity index (χ0) is 22.2. The van der Waals surface area contributed by atoms with Crippen LogP contribution in [-0.2, 0) is 0 Å². The predicted octanol–water partition coefficient (Wildman–Crippen LogP) is 6.41. The molecule has 3 aromatic carbocycles. The second kappa shape index (κ2) is 8.02. The van der Waals surface area contributed by atoms with Gasteiger partial charge in [0, 0.05) is 33.0 Å². The van der Waals surface area contributed by atoms with Crippen LogP contribution < -0.4 is 5.43 Å². The SMILES string of the molecule is Cc1cc(/C=N/NC(=O)c2cc3c(ccc4ccccc43)o2)c(C)n1-c1cccc(Cl)c1. The molecule has 2 heterocycles. The zero-order valence-corrected chi connectivity index (χ0v) is 18.4. The standard InChI is InChI=1S/C26H20ClN3O2/c1-16-12-19(17(2)30(16)21-8-5-7-20(27)13-21)15-28-29-26(31)25-14-23-22-9-4-3-6-18(22)10-11-24(23)32-25/h3-15H,1-2H3,(H,29,31)/b28-15+. The van der Waals surface area contributed by atoms with Crippen molar-refractivity contribution in [2.45, 2.75) is 13.8 Å². The van der Waals surface area contributed by atoms with E-state index in [1.165, 1.54) is 0 Å². The Morgan fingerprint density at radius 2 is 1.84 bits per heavy atom. The Morgan fingerprint density at radius 3 is 2.69 bits per heavy atom. The van der Waals surface area contributed by atoms with Crippen LogP contribution in [0.1, 0.15) is 27.5 Å². The number of nitrogens with zero attached hydrogens (tertiary/aromatic N) is 2. The second-order valence-corrected chi connectivity index (χ2v) is 8.09. The number of hydrazone groups is 1. The number of benzene rings is 3. The molecular weight excluding hydrogens is 422 g/mol. The number of rotatable bonds is 4. The molecule has 1 N–H and O–H groups in total. The molecule has 0 aliphatic carbocycles. The normalized spacial score (nSPS) is 11.6. The number of nitrogens with one attached hydrogen (secondary N) is 1. The van der Waals surface area contributed by atoms with Crippen LogP contribution in [0, 0.1) is 13.8 Å². The highest BCUT2D eigenvalue weighted by molar-refractivity contribution is 6.30. The molecule has 32 heavy (non-hydrogen) atoms. The van der Waals surface area contributed by atoms with Crippen LogP contribution >= 0.6 is 11.6 Å². The summed E-state index contributed by atoms with van der Waals surface area (Å²) in [6.45, 7) is 4.02. The minimum Gasteiger partial charge on any atom is -0.451 e. The van der Waals surface area contributed by atoms with Gasteiger partial charge in [-0.15, -0.1) is 0 Å². The van der Waals surface area contributed by atoms with Crippen molar-refractivity contribution in [3.63, 3.8) is 0 Å². The summed E-state index contributed by atoms with van der Waals surface area (Å²) >= 11 is 6.15. The molecule has 0 saturated heterocycles. The van der Waals surface area contributed by atoms with Crippen molar-refractivity contribution in [1.82, 2.24) is 9.99 Å². The molecule has 1 amide bonds. The first-order valence-corrected chi connectivity index (χ1v) is 10.6. The number of furan rings is 1. The fourth-order valence-corrected chi connectivity index (χ4v) is 4.24. The van der Waals surface area contributed by atoms with Crippen molar-refractivity contribution in [3.05, 3.63) is 101 Å². The van der Waals surface area contributed by atoms with Gasteiger partial charge in [-0.1, -0.05) is 48.0 Å². The number of hydrogen-bond donors (Lipinski definition) is 1. The lowest BCUT2D eigenvalue weighted by Crippen LogP contribution is -2.16. The van der Waals surface area contributed by atoms with E-state index < -0.39 is 5.91 Å². The molecule has 2 aromatic heterocycles. The van der Waals surface area contributed by atoms with Gasteiger partial charge in [0.2, 0.25) is 0 Å². The number of aromatic nitrogens is 1. The van der Waals surface area contributed by atoms with Crippen molar-refractivity contribution in [1.29, 1.82) is 0 Å². The summed E-state index contributed by atoms with van der Waals surface area (Å²) in [6.07, 6.45) is 1.64. The topological polar surface area (TPSA) is 59.5 Å². The Bertz CT molecular complexity index is 1510. The van der Waals surface area contributed by atoms with E-state index in [0.717, 1.165) is 38.8 Å². The van der Waals surface area contributed by atoms with Gasteiger partial charge in [0.05, 0.1) is 6.21 Å². The maximum absolute atomic E-state index is 12.6. The van der Waals surface area contributed by atoms with Gasteiger partial charge in [-0.25, -0.2) is 5.43 Å². The first-order chi connectivity index (χ1) is 15.5. The van der Waals surface area contributed by atoms with Crippen molar-refractivity contribution in [2.75, 3.05) is 0 Å². The Morgan fingerprint density at radius 1 is 1.00 bits per heavy atom. The highest BCUT2D eigenvalue weighted by Crippen LogP contribution is 2.28. The minimum atomic E-state index is -0.398. The Kier molecular flexibility index (Phi) is 5.04. The largest absolute Gasteiger partial charge is 0.451 e. The van der Waals surface area contributed by atoms with Gasteiger partial charge in [-0.2, -0.15) is 5.10 Å². The summed E-state index contributed by atoms with van der Waals surface area (Å²) in [5.74, 6) is -0.178. The molecule has 0 atom stereocenters. The smallest absolute Gasteiger partial charge is 0.307 e. The van der Waals surface area contributed by atoms with Gasteiger partial charge in [0.25, 0.3) is 0 Å². The van der Waals surface area contributed by atoms with Gasteiger partial charge in [0.1, 0.15) is 5.58 Å². The van der Waals surface area contributed by atoms with Crippen molar-refractivity contribution in [3.8, 4) is 5.69 Å². The Labute approximate surface area is 189 Å². The molecular formula is C26H20ClN3O2. The lowest BCUT2D eigenvalue weighted by atomic mass is 10.1. The van der Waals surface area contributed by atoms with Crippen molar-refractivity contribution < 1.29 is 9.21 Å². The van der Waals surface area contributed by atoms with Crippen LogP contribution in [0.25, 0.3) is 27.4 Å². The van der Waals surface area contributed by atoms with Crippen LogP contribution in [-0.4, -0.2) is 16.7 Å². The van der Waals surface area contributed by atoms with E-state index >= 15 is 0 Å². The average molecular weight is 442 g/mol. The third-order valence-corrected chi connectivity index (χ3v) is 5.79. The van der Waals surface area contributed by atoms with Crippen LogP contribution in [0.4, 0.5) is 0 Å². The summed E-state index contributed by atoms with van der Waals surface area (Å²) in [5.41, 5.74) is 7.16. The zero-order valence-electron chi connectivity index (χ0n) is 17.6. The number of amides is 1. The number of fused-ring (bicyclic) bond motifs is 3. The maximum atomic E-state index is 12.6. The molecule has 0 aliphatic heterocycles. The van der Waals surface area contributed by atoms with E-state index in [4.69, 9.17) is 16.0 Å². The third kappa shape index (κ3) is 3.57. The number of carbonyl (C=O) groups is 1. The first-order valence-electron chi connectivity index (χ1n) is 10.2. The molecule has 0 spiro atoms. The van der Waals surface area contributed by atoms with E-state index in [0.29, 0.717) is 10.6 Å². The van der Waals surface area contributed by atoms with Crippen LogP contribution in [0.15, 0.2) is 82.3 Å². The summed E-state index contributed by atoms with van der Waals surface area (Å²) in [7, 11) is 0. The van der Waals surface area contributed by atoms with E-state index in [-0.39, 0.29) is 5.76 Å². The monoisotopic (exact) mass is 441 g/mol. The van der Waals surface area contributed by atoms with Gasteiger partial charge in [-0.3, -0.25) is 4.79 Å². The molecule has 0 radical (unpaired) electrons. The van der Waals surface area contributed by atoms with Gasteiger partial charge in [0.15, 0.2) is 5.76 Å². The molecule has 0 saturated carbocycles. The highest BCUT2D eigenvalue weighted by Gasteiger charge is 2.14. The summed E-state index contributed by atoms with van der Waals surface area (Å²) in [6, 6.07) is 23.3. The van der Waals surface area contributed by atoms with Crippen LogP contribution in [0.3, 0.4) is 0 Å². The van der Waals surface area contributed by atoms with E-state index in [1.807, 2.05) is 80.6 Å². The van der Waals surface area contributed by atoms with Gasteiger partial charge in [-0.05, 0) is 61.0 Å². The number of carbonyl (C=O) groups excluding carboxylic acids is 1. The van der Waals surface area contributed by atoms with Crippen molar-refractivity contribution in [2.24, 2.45) is 5.10 Å². The second-order valence-electron chi connectivity index (χ2n) is 7.65. The van der Waals surface area contributed by atoms with Crippen LogP contribution in [0.5, 0.6) is 0 Å². The Hall–Kier alpha value is -3.83. The molecule has 0 fully saturated rings. The molecule has 0 unspecified atom stereocenters. The number of aryl methyl sites for hydroxylation is 1. The van der Waals surface area contributed by atoms with Gasteiger partial charge >= 0.3 is 5.91 Å². The summed E-state index contributed by atoms with van der Waals surface area (Å²) < 4.78 is 7.85. The van der Waals surface area contributed by atoms with Gasteiger partial charge < -0.3 is 8.98 Å². The Balaban J connectivity index is 1.38. The quantitative estimate of drug-likeness (QED) is 0.259. The summed E-state index contributed by atoms with van der Waals surface area (Å²) in [4.78, 5) is 12.6. The number of halogens is 1. The molecule has 158 valence electrons. The summed E-state index contributed by atoms with van der Waals surface area (Å²) in [5, 5.41) is 7.88. The average Bonchev–Trinajstić information content (AvgIpc) is 3.35. The molecule has 5 aromatic rings. The molecule has 5 rings (SSSR count). The molecule has 0 bridgehead atoms. The number of hydrogen-bond acceptors (Lipinski definition) is 3. The lowest BCUT2D eigenvalue weighted by molar-refractivity contribution is 0.0929. The fourth-order valence-electron chi connectivity index (χ4n) is 4.05. The van der Waals surface area contributed by atoms with Crippen molar-refractivity contribution >= 4 is 45.5 Å². The predicted molar refractivity (Wildman–Crippen MR) is 129 cm³/mol. The lowest BCUT2D eigenvalue weighted by Gasteiger charge is -2.09. The highest BCUT2D eigenvalue weighted by atomic mass is 35.5. The minimum absolute atomic E-state index is 0.220. The van der Waals surface area contributed by atoms with E-state index in [9.17, 15) is 4.79 Å². The molecule has 5 nitrogen and oxygen atoms in total. The maximum Gasteiger partial charge on any atom is 0.307 e. The molecule has 6 heteroatoms. The first kappa shape index (κ1) is 20.1. The fraction of sp³-hybridized carbons (Fsp3) is 0.0769. The van der Waals surface area contributed by atoms with E-state index in [1.54, 1.807) is 12.3 Å². The molecule has 0 aliphatic rings. The van der Waals surface area contributed by atoms with E-state index in [2.05, 4.69) is 15.1 Å².